The van der Waals surface area contributed by atoms with Gasteiger partial charge in [0.2, 0.25) is 5.91 Å². The summed E-state index contributed by atoms with van der Waals surface area (Å²) in [5, 5.41) is 6.10. The fourth-order valence-corrected chi connectivity index (χ4v) is 5.30. The zero-order valence-corrected chi connectivity index (χ0v) is 19.1. The number of anilines is 1. The van der Waals surface area contributed by atoms with E-state index in [1.165, 1.54) is 0 Å². The molecule has 4 aromatic rings. The number of rotatable bonds is 5. The molecule has 0 saturated heterocycles. The van der Waals surface area contributed by atoms with Crippen molar-refractivity contribution in [2.75, 3.05) is 5.32 Å². The van der Waals surface area contributed by atoms with Crippen LogP contribution in [0.25, 0.3) is 0 Å². The van der Waals surface area contributed by atoms with Crippen LogP contribution in [0.5, 0.6) is 0 Å². The van der Waals surface area contributed by atoms with E-state index in [0.29, 0.717) is 30.8 Å². The van der Waals surface area contributed by atoms with Crippen LogP contribution in [0.3, 0.4) is 0 Å². The molecule has 1 spiro atoms. The van der Waals surface area contributed by atoms with Gasteiger partial charge in [0, 0.05) is 18.0 Å². The third kappa shape index (κ3) is 3.77. The van der Waals surface area contributed by atoms with Crippen molar-refractivity contribution in [2.45, 2.75) is 30.7 Å². The Morgan fingerprint density at radius 2 is 1.69 bits per heavy atom. The van der Waals surface area contributed by atoms with Crippen molar-refractivity contribution in [1.29, 1.82) is 0 Å². The average molecular weight is 461 g/mol. The average Bonchev–Trinajstić information content (AvgIpc) is 3.41. The third-order valence-corrected chi connectivity index (χ3v) is 7.08. The maximum atomic E-state index is 13.3. The summed E-state index contributed by atoms with van der Waals surface area (Å²) in [4.78, 5) is 35.1. The standard InChI is InChI=1S/C29H24N4O2/c34-27(32-24(20-10-5-2-6-11-20)14-19-8-3-1-4-9-19)25-15-21-16-29(17-22(21)18-31-25)23-12-7-13-30-26(23)33-28(29)35/h1-13,15,18,24H,14,16-17H2,(H,32,34)(H,30,33,35). The highest BCUT2D eigenvalue weighted by Gasteiger charge is 2.51. The Bertz CT molecular complexity index is 1420. The molecule has 3 heterocycles. The zero-order chi connectivity index (χ0) is 23.8. The molecule has 2 unspecified atom stereocenters. The minimum Gasteiger partial charge on any atom is -0.344 e. The van der Waals surface area contributed by atoms with Crippen molar-refractivity contribution in [2.24, 2.45) is 0 Å². The molecule has 0 radical (unpaired) electrons. The van der Waals surface area contributed by atoms with E-state index in [9.17, 15) is 9.59 Å². The molecule has 0 fully saturated rings. The lowest BCUT2D eigenvalue weighted by Gasteiger charge is -2.20. The van der Waals surface area contributed by atoms with Crippen LogP contribution < -0.4 is 10.6 Å². The van der Waals surface area contributed by atoms with Crippen molar-refractivity contribution in [3.8, 4) is 0 Å². The lowest BCUT2D eigenvalue weighted by atomic mass is 9.79. The van der Waals surface area contributed by atoms with Gasteiger partial charge >= 0.3 is 0 Å². The number of benzene rings is 2. The quantitative estimate of drug-likeness (QED) is 0.468. The first-order valence-corrected chi connectivity index (χ1v) is 11.8. The van der Waals surface area contributed by atoms with Gasteiger partial charge in [-0.1, -0.05) is 66.7 Å². The second-order valence-electron chi connectivity index (χ2n) is 9.25. The highest BCUT2D eigenvalue weighted by atomic mass is 16.2. The molecule has 6 rings (SSSR count). The number of nitrogens with zero attached hydrogens (tertiary/aromatic N) is 2. The summed E-state index contributed by atoms with van der Waals surface area (Å²) < 4.78 is 0. The van der Waals surface area contributed by atoms with Gasteiger partial charge in [-0.3, -0.25) is 14.6 Å². The monoisotopic (exact) mass is 460 g/mol. The molecule has 2 N–H and O–H groups in total. The smallest absolute Gasteiger partial charge is 0.270 e. The van der Waals surface area contributed by atoms with Crippen LogP contribution in [-0.2, 0) is 29.5 Å². The van der Waals surface area contributed by atoms with Gasteiger partial charge in [-0.2, -0.15) is 0 Å². The van der Waals surface area contributed by atoms with E-state index in [2.05, 4.69) is 32.7 Å². The highest BCUT2D eigenvalue weighted by molar-refractivity contribution is 6.06. The Kier molecular flexibility index (Phi) is 5.14. The molecule has 1 aliphatic carbocycles. The van der Waals surface area contributed by atoms with Crippen LogP contribution >= 0.6 is 0 Å². The van der Waals surface area contributed by atoms with Crippen LogP contribution in [0.4, 0.5) is 5.82 Å². The SMILES string of the molecule is O=C(NC(Cc1ccccc1)c1ccccc1)c1cc2c(cn1)CC1(C2)C(=O)Nc2ncccc21. The summed E-state index contributed by atoms with van der Waals surface area (Å²) in [5.74, 6) is 0.361. The summed E-state index contributed by atoms with van der Waals surface area (Å²) in [6, 6.07) is 25.6. The predicted octanol–water partition coefficient (Wildman–Crippen LogP) is 4.18. The predicted molar refractivity (Wildman–Crippen MR) is 133 cm³/mol. The van der Waals surface area contributed by atoms with Crippen molar-refractivity contribution >= 4 is 17.6 Å². The van der Waals surface area contributed by atoms with Crippen LogP contribution in [-0.4, -0.2) is 21.8 Å². The van der Waals surface area contributed by atoms with E-state index < -0.39 is 5.41 Å². The van der Waals surface area contributed by atoms with E-state index in [1.807, 2.05) is 66.7 Å². The van der Waals surface area contributed by atoms with Gasteiger partial charge in [-0.15, -0.1) is 0 Å². The summed E-state index contributed by atoms with van der Waals surface area (Å²) in [6.07, 6.45) is 5.19. The number of carbonyl (C=O) groups excluding carboxylic acids is 2. The second kappa shape index (κ2) is 8.47. The molecular formula is C29H24N4O2. The maximum absolute atomic E-state index is 13.3. The minimum absolute atomic E-state index is 0.0413. The van der Waals surface area contributed by atoms with Crippen LogP contribution in [0.2, 0.25) is 0 Å². The Hall–Kier alpha value is -4.32. The first kappa shape index (κ1) is 21.2. The molecule has 0 saturated carbocycles. The Labute approximate surface area is 203 Å². The molecule has 2 atom stereocenters. The molecule has 2 aliphatic rings. The maximum Gasteiger partial charge on any atom is 0.270 e. The minimum atomic E-state index is -0.678. The van der Waals surface area contributed by atoms with Crippen molar-refractivity contribution in [3.63, 3.8) is 0 Å². The van der Waals surface area contributed by atoms with Crippen molar-refractivity contribution in [3.05, 3.63) is 125 Å². The van der Waals surface area contributed by atoms with E-state index in [0.717, 1.165) is 27.8 Å². The number of carbonyl (C=O) groups is 2. The third-order valence-electron chi connectivity index (χ3n) is 7.08. The van der Waals surface area contributed by atoms with Gasteiger partial charge in [0.05, 0.1) is 11.5 Å². The number of aromatic nitrogens is 2. The van der Waals surface area contributed by atoms with Gasteiger partial charge in [0.25, 0.3) is 5.91 Å². The molecule has 2 aromatic carbocycles. The molecule has 6 nitrogen and oxygen atoms in total. The van der Waals surface area contributed by atoms with Crippen LogP contribution in [0.15, 0.2) is 91.3 Å². The summed E-state index contributed by atoms with van der Waals surface area (Å²) in [7, 11) is 0. The number of nitrogens with one attached hydrogen (secondary N) is 2. The Balaban J connectivity index is 1.26. The number of amides is 2. The lowest BCUT2D eigenvalue weighted by Crippen LogP contribution is -2.35. The molecule has 2 aromatic heterocycles. The highest BCUT2D eigenvalue weighted by Crippen LogP contribution is 2.46. The normalized spacial score (nSPS) is 18.6. The second-order valence-corrected chi connectivity index (χ2v) is 9.25. The molecule has 35 heavy (non-hydrogen) atoms. The summed E-state index contributed by atoms with van der Waals surface area (Å²) in [5.41, 5.74) is 4.76. The Morgan fingerprint density at radius 1 is 0.943 bits per heavy atom. The van der Waals surface area contributed by atoms with Gasteiger partial charge in [0.1, 0.15) is 11.5 Å². The summed E-state index contributed by atoms with van der Waals surface area (Å²) >= 11 is 0. The molecule has 0 bridgehead atoms. The molecular weight excluding hydrogens is 436 g/mol. The molecule has 6 heteroatoms. The van der Waals surface area contributed by atoms with Gasteiger partial charge in [-0.25, -0.2) is 4.98 Å². The van der Waals surface area contributed by atoms with Gasteiger partial charge in [-0.05, 0) is 53.6 Å². The van der Waals surface area contributed by atoms with Gasteiger partial charge in [0.15, 0.2) is 0 Å². The molecule has 2 amide bonds. The zero-order valence-electron chi connectivity index (χ0n) is 19.1. The first-order valence-electron chi connectivity index (χ1n) is 11.8. The van der Waals surface area contributed by atoms with E-state index >= 15 is 0 Å². The topological polar surface area (TPSA) is 84.0 Å². The van der Waals surface area contributed by atoms with Crippen molar-refractivity contribution < 1.29 is 9.59 Å². The van der Waals surface area contributed by atoms with E-state index in [-0.39, 0.29) is 17.9 Å². The fourth-order valence-electron chi connectivity index (χ4n) is 5.30. The largest absolute Gasteiger partial charge is 0.344 e. The Morgan fingerprint density at radius 3 is 2.49 bits per heavy atom. The summed E-state index contributed by atoms with van der Waals surface area (Å²) in [6.45, 7) is 0. The number of hydrogen-bond donors (Lipinski definition) is 2. The van der Waals surface area contributed by atoms with Gasteiger partial charge < -0.3 is 10.6 Å². The van der Waals surface area contributed by atoms with Crippen LogP contribution in [0, 0.1) is 0 Å². The molecule has 172 valence electrons. The van der Waals surface area contributed by atoms with E-state index in [4.69, 9.17) is 0 Å². The first-order chi connectivity index (χ1) is 17.1. The lowest BCUT2D eigenvalue weighted by molar-refractivity contribution is -0.120. The van der Waals surface area contributed by atoms with Crippen molar-refractivity contribution in [1.82, 2.24) is 15.3 Å². The molecule has 1 aliphatic heterocycles. The number of fused-ring (bicyclic) bond motifs is 3. The fraction of sp³-hybridized carbons (Fsp3) is 0.172. The van der Waals surface area contributed by atoms with Crippen LogP contribution in [0.1, 0.15) is 44.3 Å². The van der Waals surface area contributed by atoms with E-state index in [1.54, 1.807) is 12.4 Å². The number of pyridine rings is 2. The number of hydrogen-bond acceptors (Lipinski definition) is 4.